The van der Waals surface area contributed by atoms with E-state index in [0.29, 0.717) is 17.8 Å². The van der Waals surface area contributed by atoms with Gasteiger partial charge in [-0.15, -0.1) is 0 Å². The third-order valence-corrected chi connectivity index (χ3v) is 12.5. The average Bonchev–Trinajstić information content (AvgIpc) is 3.19. The molecule has 2 unspecified atom stereocenters. The lowest BCUT2D eigenvalue weighted by molar-refractivity contribution is 0.619. The molecular weight excluding hydrogens is 601 g/mol. The van der Waals surface area contributed by atoms with Crippen molar-refractivity contribution in [2.75, 3.05) is 0 Å². The normalized spacial score (nSPS) is 24.8. The molecular formula is C50H44. The van der Waals surface area contributed by atoms with E-state index >= 15 is 0 Å². The van der Waals surface area contributed by atoms with E-state index in [4.69, 9.17) is 0 Å². The molecule has 0 spiro atoms. The highest BCUT2D eigenvalue weighted by atomic mass is 14.3. The fourth-order valence-corrected chi connectivity index (χ4v) is 10.0. The summed E-state index contributed by atoms with van der Waals surface area (Å²) < 4.78 is 0. The summed E-state index contributed by atoms with van der Waals surface area (Å²) in [6, 6.07) is 18.3. The van der Waals surface area contributed by atoms with Crippen molar-refractivity contribution in [2.24, 2.45) is 17.8 Å². The summed E-state index contributed by atoms with van der Waals surface area (Å²) in [6.07, 6.45) is 46.3. The Morgan fingerprint density at radius 1 is 0.580 bits per heavy atom. The van der Waals surface area contributed by atoms with Gasteiger partial charge in [0.15, 0.2) is 0 Å². The summed E-state index contributed by atoms with van der Waals surface area (Å²) in [5.41, 5.74) is 13.6. The van der Waals surface area contributed by atoms with Crippen molar-refractivity contribution in [3.8, 4) is 0 Å². The molecule has 3 atom stereocenters. The minimum Gasteiger partial charge on any atom is -0.0842 e. The topological polar surface area (TPSA) is 0 Å². The van der Waals surface area contributed by atoms with Gasteiger partial charge >= 0.3 is 0 Å². The largest absolute Gasteiger partial charge is 0.0842 e. The van der Waals surface area contributed by atoms with Gasteiger partial charge < -0.3 is 0 Å². The number of fused-ring (bicyclic) bond motifs is 5. The molecule has 0 bridgehead atoms. The highest BCUT2D eigenvalue weighted by Crippen LogP contribution is 2.42. The average molecular weight is 645 g/mol. The van der Waals surface area contributed by atoms with Crippen LogP contribution in [0.25, 0.3) is 45.2 Å². The first-order chi connectivity index (χ1) is 24.8. The van der Waals surface area contributed by atoms with Crippen LogP contribution in [0, 0.1) is 17.8 Å². The monoisotopic (exact) mass is 644 g/mol. The zero-order valence-electron chi connectivity index (χ0n) is 28.9. The van der Waals surface area contributed by atoms with Crippen molar-refractivity contribution in [3.63, 3.8) is 0 Å². The smallest absolute Gasteiger partial charge is 0.0122 e. The molecule has 0 aromatic heterocycles. The van der Waals surface area contributed by atoms with Crippen molar-refractivity contribution >= 4 is 45.2 Å². The third kappa shape index (κ3) is 4.95. The predicted octanol–water partition coefficient (Wildman–Crippen LogP) is 9.63. The summed E-state index contributed by atoms with van der Waals surface area (Å²) in [4.78, 5) is 0. The molecule has 0 saturated heterocycles. The summed E-state index contributed by atoms with van der Waals surface area (Å²) in [5.74, 6) is 1.56. The first-order valence-corrected chi connectivity index (χ1v) is 19.1. The first-order valence-electron chi connectivity index (χ1n) is 19.1. The molecule has 3 aromatic carbocycles. The maximum atomic E-state index is 2.63. The van der Waals surface area contributed by atoms with Crippen LogP contribution < -0.4 is 20.9 Å². The number of hydrogen-bond donors (Lipinski definition) is 0. The maximum Gasteiger partial charge on any atom is 0.0122 e. The minimum atomic E-state index is 0.460. The molecule has 0 heteroatoms. The van der Waals surface area contributed by atoms with Crippen molar-refractivity contribution < 1.29 is 0 Å². The lowest BCUT2D eigenvalue weighted by Crippen LogP contribution is -2.39. The second-order valence-electron chi connectivity index (χ2n) is 15.1. The zero-order chi connectivity index (χ0) is 33.0. The van der Waals surface area contributed by atoms with Crippen LogP contribution in [0.3, 0.4) is 0 Å². The Kier molecular flexibility index (Phi) is 7.44. The van der Waals surface area contributed by atoms with E-state index in [0.717, 1.165) is 44.9 Å². The summed E-state index contributed by atoms with van der Waals surface area (Å²) in [6.45, 7) is 0. The van der Waals surface area contributed by atoms with Gasteiger partial charge in [0, 0.05) is 11.8 Å². The van der Waals surface area contributed by atoms with Gasteiger partial charge in [-0.2, -0.15) is 0 Å². The highest BCUT2D eigenvalue weighted by molar-refractivity contribution is 6.03. The molecule has 0 saturated carbocycles. The molecule has 244 valence electrons. The van der Waals surface area contributed by atoms with E-state index in [1.807, 2.05) is 0 Å². The molecule has 3 aromatic rings. The minimum absolute atomic E-state index is 0.460. The van der Waals surface area contributed by atoms with Crippen LogP contribution in [-0.4, -0.2) is 0 Å². The lowest BCUT2D eigenvalue weighted by Gasteiger charge is -2.31. The van der Waals surface area contributed by atoms with Crippen molar-refractivity contribution in [3.05, 3.63) is 176 Å². The van der Waals surface area contributed by atoms with Crippen molar-refractivity contribution in [1.29, 1.82) is 0 Å². The Hall–Kier alpha value is -4.94. The number of rotatable bonds is 4. The maximum absolute atomic E-state index is 2.63. The number of hydrogen-bond acceptors (Lipinski definition) is 0. The molecule has 7 aliphatic carbocycles. The second kappa shape index (κ2) is 12.4. The molecule has 0 N–H and O–H groups in total. The third-order valence-electron chi connectivity index (χ3n) is 12.5. The van der Waals surface area contributed by atoms with Gasteiger partial charge in [0.1, 0.15) is 0 Å². The molecule has 10 rings (SSSR count). The molecule has 7 aliphatic rings. The Bertz CT molecular complexity index is 2510. The highest BCUT2D eigenvalue weighted by Gasteiger charge is 2.28. The standard InChI is InChI=1S/C50H44/c1-4-16-40-33(11-1)14-9-21-42(40)36-23-27-38(28-24-36)48-45-19-7-8-20-46(45)49(50-44-18-6-3-13-35(44)31-32-47(48)50)39-29-25-37(26-30-39)43-22-10-15-34-12-2-5-17-41(34)43/h1-2,4-9,11-12,14-21,23,25,27,29,32-33,35,40H,3,10,13,22,24,26,28,30-31H2/t33?,35?,40-/m0/s1. The van der Waals surface area contributed by atoms with E-state index < -0.39 is 0 Å². The lowest BCUT2D eigenvalue weighted by atomic mass is 9.73. The van der Waals surface area contributed by atoms with Gasteiger partial charge in [0.25, 0.3) is 0 Å². The van der Waals surface area contributed by atoms with Crippen LogP contribution in [0.5, 0.6) is 0 Å². The molecule has 0 amide bonds. The van der Waals surface area contributed by atoms with Gasteiger partial charge in [0.05, 0.1) is 0 Å². The number of benzene rings is 3. The Morgan fingerprint density at radius 2 is 1.30 bits per heavy atom. The van der Waals surface area contributed by atoms with Crippen LogP contribution in [0.1, 0.15) is 68.9 Å². The van der Waals surface area contributed by atoms with Crippen LogP contribution >= 0.6 is 0 Å². The Labute approximate surface area is 296 Å². The molecule has 0 radical (unpaired) electrons. The molecule has 0 nitrogen and oxygen atoms in total. The quantitative estimate of drug-likeness (QED) is 0.265. The fraction of sp³-hybridized carbons (Fsp3) is 0.240. The first kappa shape index (κ1) is 29.9. The number of allylic oxidation sites excluding steroid dienone is 18. The van der Waals surface area contributed by atoms with E-state index in [2.05, 4.69) is 140 Å². The van der Waals surface area contributed by atoms with Crippen molar-refractivity contribution in [2.45, 2.75) is 57.8 Å². The van der Waals surface area contributed by atoms with Gasteiger partial charge in [-0.05, 0) is 145 Å². The fourth-order valence-electron chi connectivity index (χ4n) is 10.0. The SMILES string of the molecule is C1=CC2C=CC=C(C3=CC=C(c4c5c(c(C6=CC=C(C7=c8ccccc8=CCC7)CC6)c6ccccc46)=C4C=CCCC4CC=5)CC3)[C@H]2C=C1. The molecule has 0 heterocycles. The van der Waals surface area contributed by atoms with Crippen LogP contribution in [-0.2, 0) is 0 Å². The second-order valence-corrected chi connectivity index (χ2v) is 15.1. The van der Waals surface area contributed by atoms with Crippen molar-refractivity contribution in [1.82, 2.24) is 0 Å². The summed E-state index contributed by atoms with van der Waals surface area (Å²) in [5, 5.41) is 8.70. The van der Waals surface area contributed by atoms with Gasteiger partial charge in [-0.25, -0.2) is 0 Å². The molecule has 0 fully saturated rings. The Morgan fingerprint density at radius 3 is 2.16 bits per heavy atom. The molecule has 0 aliphatic heterocycles. The predicted molar refractivity (Wildman–Crippen MR) is 213 cm³/mol. The van der Waals surface area contributed by atoms with Gasteiger partial charge in [0.2, 0.25) is 0 Å². The van der Waals surface area contributed by atoms with Crippen LogP contribution in [0.15, 0.2) is 144 Å². The van der Waals surface area contributed by atoms with E-state index in [9.17, 15) is 0 Å². The Balaban J connectivity index is 1.15. The van der Waals surface area contributed by atoms with E-state index in [1.54, 1.807) is 11.1 Å². The summed E-state index contributed by atoms with van der Waals surface area (Å²) >= 11 is 0. The van der Waals surface area contributed by atoms with E-state index in [1.165, 1.54) is 83.5 Å². The zero-order valence-corrected chi connectivity index (χ0v) is 28.9. The van der Waals surface area contributed by atoms with Crippen LogP contribution in [0.2, 0.25) is 0 Å². The summed E-state index contributed by atoms with van der Waals surface area (Å²) in [7, 11) is 0. The van der Waals surface area contributed by atoms with Gasteiger partial charge in [-0.3, -0.25) is 0 Å². The molecule has 50 heavy (non-hydrogen) atoms. The van der Waals surface area contributed by atoms with Crippen LogP contribution in [0.4, 0.5) is 0 Å². The van der Waals surface area contributed by atoms with E-state index in [-0.39, 0.29) is 0 Å². The van der Waals surface area contributed by atoms with Gasteiger partial charge in [-0.1, -0.05) is 140 Å².